The second kappa shape index (κ2) is 4.81. The Morgan fingerprint density at radius 3 is 2.44 bits per heavy atom. The molecule has 0 aromatic rings. The fraction of sp³-hybridized carbons (Fsp3) is 0.636. The van der Waals surface area contributed by atoms with Gasteiger partial charge in [0.2, 0.25) is 15.6 Å². The van der Waals surface area contributed by atoms with E-state index < -0.39 is 20.5 Å². The summed E-state index contributed by atoms with van der Waals surface area (Å²) in [6.45, 7) is 6.54. The van der Waals surface area contributed by atoms with Crippen molar-refractivity contribution in [2.45, 2.75) is 45.7 Å². The maximum atomic E-state index is 12.0. The van der Waals surface area contributed by atoms with Gasteiger partial charge in [0.15, 0.2) is 0 Å². The van der Waals surface area contributed by atoms with Crippen LogP contribution in [0.15, 0.2) is 22.6 Å². The number of hydrogen-bond donors (Lipinski definition) is 1. The molecule has 6 nitrogen and oxygen atoms in total. The Morgan fingerprint density at radius 1 is 1.50 bits per heavy atom. The van der Waals surface area contributed by atoms with Gasteiger partial charge in [-0.3, -0.25) is 10.1 Å². The minimum absolute atomic E-state index is 0.102. The summed E-state index contributed by atoms with van der Waals surface area (Å²) in [7, 11) is -3.59. The molecular weight excluding hydrogens is 256 g/mol. The monoisotopic (exact) mass is 274 g/mol. The van der Waals surface area contributed by atoms with E-state index in [9.17, 15) is 18.5 Å². The Morgan fingerprint density at radius 2 is 2.06 bits per heavy atom. The Hall–Kier alpha value is -1.21. The quantitative estimate of drug-likeness (QED) is 0.622. The van der Waals surface area contributed by atoms with E-state index in [1.54, 1.807) is 20.8 Å². The highest BCUT2D eigenvalue weighted by Gasteiger charge is 2.39. The lowest BCUT2D eigenvalue weighted by Crippen LogP contribution is -2.37. The first kappa shape index (κ1) is 14.8. The van der Waals surface area contributed by atoms with E-state index in [4.69, 9.17) is 0 Å². The summed E-state index contributed by atoms with van der Waals surface area (Å²) >= 11 is 0. The topological polar surface area (TPSA) is 89.3 Å². The van der Waals surface area contributed by atoms with Crippen LogP contribution in [0.5, 0.6) is 0 Å². The fourth-order valence-electron chi connectivity index (χ4n) is 1.90. The van der Waals surface area contributed by atoms with Crippen molar-refractivity contribution >= 4 is 10.0 Å². The van der Waals surface area contributed by atoms with Crippen LogP contribution in [0.4, 0.5) is 0 Å². The van der Waals surface area contributed by atoms with Gasteiger partial charge in [0.1, 0.15) is 0 Å². The SMILES string of the molecule is CC1=C(S(=O)(=O)NC(C)C)C=CC(C)([N+](=O)[O-])C1. The van der Waals surface area contributed by atoms with Crippen LogP contribution in [0, 0.1) is 10.1 Å². The van der Waals surface area contributed by atoms with Crippen molar-refractivity contribution in [2.24, 2.45) is 0 Å². The average Bonchev–Trinajstić information content (AvgIpc) is 2.14. The van der Waals surface area contributed by atoms with Gasteiger partial charge in [-0.2, -0.15) is 0 Å². The average molecular weight is 274 g/mol. The highest BCUT2D eigenvalue weighted by Crippen LogP contribution is 2.31. The molecule has 0 heterocycles. The Kier molecular flexibility index (Phi) is 3.97. The molecule has 1 N–H and O–H groups in total. The minimum atomic E-state index is -3.59. The van der Waals surface area contributed by atoms with Crippen LogP contribution in [0.3, 0.4) is 0 Å². The lowest BCUT2D eigenvalue weighted by molar-refractivity contribution is -0.550. The van der Waals surface area contributed by atoms with Crippen molar-refractivity contribution in [3.05, 3.63) is 32.7 Å². The minimum Gasteiger partial charge on any atom is -0.264 e. The molecule has 1 aliphatic carbocycles. The van der Waals surface area contributed by atoms with Crippen LogP contribution >= 0.6 is 0 Å². The number of rotatable bonds is 4. The molecule has 0 fully saturated rings. The Bertz CT molecular complexity index is 519. The maximum absolute atomic E-state index is 12.0. The van der Waals surface area contributed by atoms with Crippen molar-refractivity contribution in [1.82, 2.24) is 4.72 Å². The van der Waals surface area contributed by atoms with Crippen molar-refractivity contribution in [3.63, 3.8) is 0 Å². The van der Waals surface area contributed by atoms with E-state index in [-0.39, 0.29) is 17.4 Å². The predicted molar refractivity (Wildman–Crippen MR) is 69.0 cm³/mol. The Balaban J connectivity index is 3.10. The second-order valence-corrected chi connectivity index (χ2v) is 6.73. The lowest BCUT2D eigenvalue weighted by Gasteiger charge is -2.23. The molecule has 0 spiro atoms. The zero-order chi connectivity index (χ0) is 14.1. The third kappa shape index (κ3) is 2.97. The molecule has 1 atom stereocenters. The molecule has 102 valence electrons. The second-order valence-electron chi connectivity index (χ2n) is 5.04. The van der Waals surface area contributed by atoms with Gasteiger partial charge in [0.25, 0.3) is 0 Å². The van der Waals surface area contributed by atoms with Gasteiger partial charge in [-0.15, -0.1) is 0 Å². The molecule has 0 aliphatic heterocycles. The molecule has 7 heteroatoms. The smallest absolute Gasteiger partial charge is 0.241 e. The molecular formula is C11H18N2O4S. The Labute approximate surface area is 107 Å². The van der Waals surface area contributed by atoms with Gasteiger partial charge in [-0.05, 0) is 38.5 Å². The molecule has 0 saturated carbocycles. The summed E-state index contributed by atoms with van der Waals surface area (Å²) < 4.78 is 26.5. The molecule has 0 amide bonds. The van der Waals surface area contributed by atoms with Crippen LogP contribution in [-0.4, -0.2) is 24.9 Å². The van der Waals surface area contributed by atoms with Crippen molar-refractivity contribution in [1.29, 1.82) is 0 Å². The van der Waals surface area contributed by atoms with Crippen LogP contribution < -0.4 is 4.72 Å². The van der Waals surface area contributed by atoms with Crippen molar-refractivity contribution < 1.29 is 13.3 Å². The number of sulfonamides is 1. The van der Waals surface area contributed by atoms with Crippen molar-refractivity contribution in [2.75, 3.05) is 0 Å². The third-order valence-corrected chi connectivity index (χ3v) is 4.58. The van der Waals surface area contributed by atoms with E-state index >= 15 is 0 Å². The number of nitrogens with one attached hydrogen (secondary N) is 1. The molecule has 1 aliphatic rings. The highest BCUT2D eigenvalue weighted by atomic mass is 32.2. The predicted octanol–water partition coefficient (Wildman–Crippen LogP) is 1.58. The lowest BCUT2D eigenvalue weighted by atomic mass is 9.90. The summed E-state index contributed by atoms with van der Waals surface area (Å²) in [4.78, 5) is 10.7. The molecule has 0 bridgehead atoms. The molecule has 1 unspecified atom stereocenters. The molecule has 18 heavy (non-hydrogen) atoms. The van der Waals surface area contributed by atoms with E-state index in [0.29, 0.717) is 5.57 Å². The van der Waals surface area contributed by atoms with E-state index in [2.05, 4.69) is 4.72 Å². The van der Waals surface area contributed by atoms with Gasteiger partial charge >= 0.3 is 0 Å². The van der Waals surface area contributed by atoms with E-state index in [0.717, 1.165) is 0 Å². The zero-order valence-electron chi connectivity index (χ0n) is 10.9. The van der Waals surface area contributed by atoms with Gasteiger partial charge in [-0.25, -0.2) is 13.1 Å². The van der Waals surface area contributed by atoms with Gasteiger partial charge in [0, 0.05) is 24.3 Å². The summed E-state index contributed by atoms with van der Waals surface area (Å²) in [6.07, 6.45) is 2.77. The normalized spacial score (nSPS) is 24.7. The van der Waals surface area contributed by atoms with Crippen molar-refractivity contribution in [3.8, 4) is 0 Å². The summed E-state index contributed by atoms with van der Waals surface area (Å²) in [5.41, 5.74) is -0.717. The largest absolute Gasteiger partial charge is 0.264 e. The van der Waals surface area contributed by atoms with Crippen LogP contribution in [0.2, 0.25) is 0 Å². The maximum Gasteiger partial charge on any atom is 0.241 e. The fourth-order valence-corrected chi connectivity index (χ4v) is 3.42. The van der Waals surface area contributed by atoms with Crippen LogP contribution in [0.1, 0.15) is 34.1 Å². The number of nitro groups is 1. The zero-order valence-corrected chi connectivity index (χ0v) is 11.7. The third-order valence-electron chi connectivity index (χ3n) is 2.73. The highest BCUT2D eigenvalue weighted by molar-refractivity contribution is 7.93. The molecule has 0 radical (unpaired) electrons. The van der Waals surface area contributed by atoms with E-state index in [1.165, 1.54) is 19.1 Å². The first-order valence-electron chi connectivity index (χ1n) is 5.64. The molecule has 1 rings (SSSR count). The number of nitrogens with zero attached hydrogens (tertiary/aromatic N) is 1. The molecule has 0 saturated heterocycles. The summed E-state index contributed by atoms with van der Waals surface area (Å²) in [5.74, 6) is 0. The standard InChI is InChI=1S/C11H18N2O4S/c1-8(2)12-18(16,17)10-5-6-11(4,13(14)15)7-9(10)3/h5-6,8,12H,7H2,1-4H3. The van der Waals surface area contributed by atoms with E-state index in [1.807, 2.05) is 0 Å². The van der Waals surface area contributed by atoms with Gasteiger partial charge in [-0.1, -0.05) is 0 Å². The van der Waals surface area contributed by atoms with Crippen LogP contribution in [0.25, 0.3) is 0 Å². The summed E-state index contributed by atoms with van der Waals surface area (Å²) in [6, 6.07) is -0.215. The molecule has 0 aromatic heterocycles. The first-order valence-corrected chi connectivity index (χ1v) is 7.12. The molecule has 0 aromatic carbocycles. The summed E-state index contributed by atoms with van der Waals surface area (Å²) in [5, 5.41) is 10.9. The van der Waals surface area contributed by atoms with Gasteiger partial charge in [0.05, 0.1) is 4.91 Å². The number of allylic oxidation sites excluding steroid dienone is 1. The van der Waals surface area contributed by atoms with Gasteiger partial charge < -0.3 is 0 Å². The number of hydrogen-bond acceptors (Lipinski definition) is 4. The first-order chi connectivity index (χ1) is 8.08. The van der Waals surface area contributed by atoms with Crippen LogP contribution in [-0.2, 0) is 10.0 Å².